The summed E-state index contributed by atoms with van der Waals surface area (Å²) in [5.41, 5.74) is 1.24. The standard InChI is InChI=1S/C13H17N3O2S/c1-4-5-12-14-11(8-19-12)13(17)16(3)9(2)10-6-7-18-15-10/h6-9H,4-5H2,1-3H3/t9-/m1/s1. The van der Waals surface area contributed by atoms with E-state index in [1.807, 2.05) is 12.3 Å². The second-order valence-electron chi connectivity index (χ2n) is 4.39. The third kappa shape index (κ3) is 3.01. The molecular formula is C13H17N3O2S. The number of carbonyl (C=O) groups excluding carboxylic acids is 1. The maximum atomic E-state index is 12.3. The van der Waals surface area contributed by atoms with Gasteiger partial charge in [0, 0.05) is 18.5 Å². The first-order valence-corrected chi connectivity index (χ1v) is 7.13. The third-order valence-corrected chi connectivity index (χ3v) is 3.93. The highest BCUT2D eigenvalue weighted by atomic mass is 32.1. The zero-order chi connectivity index (χ0) is 13.8. The Morgan fingerprint density at radius 2 is 2.37 bits per heavy atom. The number of aryl methyl sites for hydroxylation is 1. The summed E-state index contributed by atoms with van der Waals surface area (Å²) >= 11 is 1.54. The molecule has 0 N–H and O–H groups in total. The molecule has 0 spiro atoms. The van der Waals surface area contributed by atoms with Crippen molar-refractivity contribution >= 4 is 17.2 Å². The summed E-state index contributed by atoms with van der Waals surface area (Å²) in [6, 6.07) is 1.63. The highest BCUT2D eigenvalue weighted by Gasteiger charge is 2.22. The van der Waals surface area contributed by atoms with Gasteiger partial charge >= 0.3 is 0 Å². The molecule has 0 radical (unpaired) electrons. The lowest BCUT2D eigenvalue weighted by molar-refractivity contribution is 0.0732. The van der Waals surface area contributed by atoms with Gasteiger partial charge in [-0.05, 0) is 19.8 Å². The predicted octanol–water partition coefficient (Wildman–Crippen LogP) is 2.92. The summed E-state index contributed by atoms with van der Waals surface area (Å²) in [6.45, 7) is 4.01. The van der Waals surface area contributed by atoms with E-state index in [2.05, 4.69) is 17.1 Å². The van der Waals surface area contributed by atoms with Crippen molar-refractivity contribution in [2.45, 2.75) is 32.7 Å². The molecule has 0 aromatic carbocycles. The molecule has 0 aliphatic rings. The van der Waals surface area contributed by atoms with Crippen molar-refractivity contribution in [1.29, 1.82) is 0 Å². The number of rotatable bonds is 5. The van der Waals surface area contributed by atoms with Crippen LogP contribution in [0.25, 0.3) is 0 Å². The molecule has 0 saturated heterocycles. The average molecular weight is 279 g/mol. The minimum atomic E-state index is -0.137. The fourth-order valence-corrected chi connectivity index (χ4v) is 2.60. The van der Waals surface area contributed by atoms with E-state index in [-0.39, 0.29) is 11.9 Å². The monoisotopic (exact) mass is 279 g/mol. The van der Waals surface area contributed by atoms with Crippen molar-refractivity contribution in [2.24, 2.45) is 0 Å². The Labute approximate surface area is 116 Å². The van der Waals surface area contributed by atoms with Gasteiger partial charge in [0.05, 0.1) is 11.0 Å². The van der Waals surface area contributed by atoms with Gasteiger partial charge in [0.2, 0.25) is 0 Å². The van der Waals surface area contributed by atoms with E-state index < -0.39 is 0 Å². The van der Waals surface area contributed by atoms with Gasteiger partial charge in [0.25, 0.3) is 5.91 Å². The summed E-state index contributed by atoms with van der Waals surface area (Å²) in [6.07, 6.45) is 3.46. The highest BCUT2D eigenvalue weighted by molar-refractivity contribution is 7.09. The average Bonchev–Trinajstić information content (AvgIpc) is 3.07. The molecule has 1 amide bonds. The van der Waals surface area contributed by atoms with Gasteiger partial charge in [-0.2, -0.15) is 0 Å². The number of hydrogen-bond acceptors (Lipinski definition) is 5. The van der Waals surface area contributed by atoms with Gasteiger partial charge in [-0.3, -0.25) is 4.79 Å². The van der Waals surface area contributed by atoms with Crippen LogP contribution in [0.5, 0.6) is 0 Å². The molecule has 0 unspecified atom stereocenters. The Balaban J connectivity index is 2.09. The normalized spacial score (nSPS) is 12.4. The maximum Gasteiger partial charge on any atom is 0.273 e. The Bertz CT molecular complexity index is 536. The number of thiazole rings is 1. The number of hydrogen-bond donors (Lipinski definition) is 0. The summed E-state index contributed by atoms with van der Waals surface area (Å²) in [5, 5.41) is 6.69. The van der Waals surface area contributed by atoms with Crippen LogP contribution in [-0.2, 0) is 6.42 Å². The maximum absolute atomic E-state index is 12.3. The van der Waals surface area contributed by atoms with Crippen molar-refractivity contribution in [2.75, 3.05) is 7.05 Å². The highest BCUT2D eigenvalue weighted by Crippen LogP contribution is 2.20. The van der Waals surface area contributed by atoms with Crippen LogP contribution in [0, 0.1) is 0 Å². The van der Waals surface area contributed by atoms with Crippen molar-refractivity contribution in [3.63, 3.8) is 0 Å². The lowest BCUT2D eigenvalue weighted by Gasteiger charge is -2.22. The zero-order valence-electron chi connectivity index (χ0n) is 11.3. The van der Waals surface area contributed by atoms with Crippen molar-refractivity contribution in [3.05, 3.63) is 34.1 Å². The Kier molecular flexibility index (Phi) is 4.31. The number of amides is 1. The van der Waals surface area contributed by atoms with Gasteiger partial charge in [0.15, 0.2) is 0 Å². The van der Waals surface area contributed by atoms with Gasteiger partial charge in [0.1, 0.15) is 17.7 Å². The molecule has 1 atom stereocenters. The van der Waals surface area contributed by atoms with Crippen molar-refractivity contribution < 1.29 is 9.32 Å². The van der Waals surface area contributed by atoms with Gasteiger partial charge in [-0.25, -0.2) is 4.98 Å². The number of aromatic nitrogens is 2. The molecule has 0 aliphatic heterocycles. The predicted molar refractivity (Wildman–Crippen MR) is 73.1 cm³/mol. The molecule has 0 bridgehead atoms. The Morgan fingerprint density at radius 3 is 3.00 bits per heavy atom. The second-order valence-corrected chi connectivity index (χ2v) is 5.34. The largest absolute Gasteiger partial charge is 0.364 e. The summed E-state index contributed by atoms with van der Waals surface area (Å²) in [5.74, 6) is -0.0888. The third-order valence-electron chi connectivity index (χ3n) is 3.02. The van der Waals surface area contributed by atoms with Crippen molar-refractivity contribution in [1.82, 2.24) is 15.0 Å². The topological polar surface area (TPSA) is 59.2 Å². The molecule has 5 nitrogen and oxygen atoms in total. The van der Waals surface area contributed by atoms with Crippen LogP contribution in [-0.4, -0.2) is 28.0 Å². The molecule has 19 heavy (non-hydrogen) atoms. The second kappa shape index (κ2) is 5.97. The van der Waals surface area contributed by atoms with Crippen LogP contribution in [0.15, 0.2) is 22.2 Å². The first kappa shape index (κ1) is 13.7. The first-order valence-electron chi connectivity index (χ1n) is 6.25. The zero-order valence-corrected chi connectivity index (χ0v) is 12.1. The van der Waals surface area contributed by atoms with Crippen LogP contribution in [0.3, 0.4) is 0 Å². The molecule has 102 valence electrons. The van der Waals surface area contributed by atoms with E-state index in [1.54, 1.807) is 18.0 Å². The Hall–Kier alpha value is -1.69. The molecule has 2 heterocycles. The quantitative estimate of drug-likeness (QED) is 0.844. The lowest BCUT2D eigenvalue weighted by Crippen LogP contribution is -2.30. The van der Waals surface area contributed by atoms with E-state index in [0.29, 0.717) is 5.69 Å². The molecule has 0 aliphatic carbocycles. The van der Waals surface area contributed by atoms with Crippen LogP contribution in [0.4, 0.5) is 0 Å². The molecule has 0 fully saturated rings. The summed E-state index contributed by atoms with van der Waals surface area (Å²) in [7, 11) is 1.75. The first-order chi connectivity index (χ1) is 9.13. The van der Waals surface area contributed by atoms with E-state index in [0.717, 1.165) is 23.5 Å². The van der Waals surface area contributed by atoms with Crippen LogP contribution in [0.1, 0.15) is 47.5 Å². The minimum absolute atomic E-state index is 0.0888. The van der Waals surface area contributed by atoms with Crippen LogP contribution >= 0.6 is 11.3 Å². The van der Waals surface area contributed by atoms with Crippen LogP contribution < -0.4 is 0 Å². The molecule has 2 aromatic rings. The van der Waals surface area contributed by atoms with E-state index in [1.165, 1.54) is 17.6 Å². The fourth-order valence-electron chi connectivity index (χ4n) is 1.73. The van der Waals surface area contributed by atoms with E-state index in [9.17, 15) is 4.79 Å². The van der Waals surface area contributed by atoms with Gasteiger partial charge in [-0.15, -0.1) is 11.3 Å². The summed E-state index contributed by atoms with van der Waals surface area (Å²) in [4.78, 5) is 18.3. The lowest BCUT2D eigenvalue weighted by atomic mass is 10.2. The molecule has 2 rings (SSSR count). The van der Waals surface area contributed by atoms with Crippen molar-refractivity contribution in [3.8, 4) is 0 Å². The smallest absolute Gasteiger partial charge is 0.273 e. The molecular weight excluding hydrogens is 262 g/mol. The summed E-state index contributed by atoms with van der Waals surface area (Å²) < 4.78 is 4.81. The van der Waals surface area contributed by atoms with Gasteiger partial charge in [-0.1, -0.05) is 12.1 Å². The Morgan fingerprint density at radius 1 is 1.58 bits per heavy atom. The molecule has 0 saturated carbocycles. The van der Waals surface area contributed by atoms with E-state index in [4.69, 9.17) is 4.52 Å². The van der Waals surface area contributed by atoms with Crippen LogP contribution in [0.2, 0.25) is 0 Å². The number of carbonyl (C=O) groups is 1. The number of nitrogens with zero attached hydrogens (tertiary/aromatic N) is 3. The van der Waals surface area contributed by atoms with E-state index >= 15 is 0 Å². The molecule has 6 heteroatoms. The SMILES string of the molecule is CCCc1nc(C(=O)N(C)[C@H](C)c2ccon2)cs1. The fraction of sp³-hybridized carbons (Fsp3) is 0.462. The van der Waals surface area contributed by atoms with Gasteiger partial charge < -0.3 is 9.42 Å². The minimum Gasteiger partial charge on any atom is -0.364 e. The molecule has 2 aromatic heterocycles.